The average Bonchev–Trinajstić information content (AvgIpc) is 2.83. The van der Waals surface area contributed by atoms with Gasteiger partial charge in [0.25, 0.3) is 5.56 Å². The van der Waals surface area contributed by atoms with Crippen molar-refractivity contribution in [3.8, 4) is 0 Å². The lowest BCUT2D eigenvalue weighted by Gasteiger charge is -2.29. The molecule has 0 spiro atoms. The standard InChI is InChI=1S/C25H32N4O4/c1-3-32-25(31)33-23-18(2)27-20-11-17-29(16-9-15-28-13-7-4-8-14-28)24(30)22(20)21(23)19-10-5-6-12-26-19/h5-6,10-12,17,21,27H,3-4,7-9,13-16H2,1-2H3. The van der Waals surface area contributed by atoms with E-state index >= 15 is 0 Å². The first kappa shape index (κ1) is 23.0. The van der Waals surface area contributed by atoms with Crippen molar-refractivity contribution in [2.24, 2.45) is 0 Å². The smallest absolute Gasteiger partial charge is 0.434 e. The zero-order valence-corrected chi connectivity index (χ0v) is 19.4. The normalized spacial score (nSPS) is 18.4. The number of ether oxygens (including phenoxy) is 2. The quantitative estimate of drug-likeness (QED) is 0.634. The fourth-order valence-corrected chi connectivity index (χ4v) is 4.62. The molecule has 0 saturated carbocycles. The van der Waals surface area contributed by atoms with Crippen molar-refractivity contribution in [2.45, 2.75) is 52.0 Å². The molecule has 2 aromatic rings. The molecule has 8 nitrogen and oxygen atoms in total. The molecule has 1 N–H and O–H groups in total. The summed E-state index contributed by atoms with van der Waals surface area (Å²) in [7, 11) is 0. The Kier molecular flexibility index (Phi) is 7.44. The van der Waals surface area contributed by atoms with Gasteiger partial charge in [0.15, 0.2) is 0 Å². The number of nitrogens with one attached hydrogen (secondary N) is 1. The number of aromatic nitrogens is 2. The highest BCUT2D eigenvalue weighted by Crippen LogP contribution is 2.39. The summed E-state index contributed by atoms with van der Waals surface area (Å²) >= 11 is 0. The number of aryl methyl sites for hydroxylation is 1. The van der Waals surface area contributed by atoms with E-state index in [0.29, 0.717) is 34.9 Å². The summed E-state index contributed by atoms with van der Waals surface area (Å²) in [6.45, 7) is 7.64. The van der Waals surface area contributed by atoms with Crippen molar-refractivity contribution in [2.75, 3.05) is 31.6 Å². The number of hydrogen-bond donors (Lipinski definition) is 1. The van der Waals surface area contributed by atoms with Gasteiger partial charge in [0.1, 0.15) is 5.76 Å². The van der Waals surface area contributed by atoms with Crippen LogP contribution in [0.1, 0.15) is 56.7 Å². The lowest BCUT2D eigenvalue weighted by molar-refractivity contribution is 0.0776. The summed E-state index contributed by atoms with van der Waals surface area (Å²) in [6, 6.07) is 7.44. The predicted octanol–water partition coefficient (Wildman–Crippen LogP) is 4.08. The fraction of sp³-hybridized carbons (Fsp3) is 0.480. The zero-order chi connectivity index (χ0) is 23.2. The van der Waals surface area contributed by atoms with Crippen molar-refractivity contribution in [3.05, 3.63) is 69.7 Å². The Hall–Kier alpha value is -3.13. The van der Waals surface area contributed by atoms with Gasteiger partial charge in [-0.15, -0.1) is 0 Å². The highest BCUT2D eigenvalue weighted by Gasteiger charge is 2.35. The molecular weight excluding hydrogens is 420 g/mol. The second-order valence-electron chi connectivity index (χ2n) is 8.48. The molecule has 2 aliphatic rings. The van der Waals surface area contributed by atoms with Crippen LogP contribution >= 0.6 is 0 Å². The van der Waals surface area contributed by atoms with Crippen molar-refractivity contribution in [3.63, 3.8) is 0 Å². The van der Waals surface area contributed by atoms with Crippen LogP contribution in [0.5, 0.6) is 0 Å². The number of rotatable bonds is 7. The van der Waals surface area contributed by atoms with Gasteiger partial charge in [0.05, 0.1) is 29.5 Å². The van der Waals surface area contributed by atoms with Gasteiger partial charge < -0.3 is 24.3 Å². The number of pyridine rings is 2. The van der Waals surface area contributed by atoms with Crippen LogP contribution in [0.2, 0.25) is 0 Å². The highest BCUT2D eigenvalue weighted by molar-refractivity contribution is 5.67. The molecule has 176 valence electrons. The van der Waals surface area contributed by atoms with E-state index in [2.05, 4.69) is 15.2 Å². The van der Waals surface area contributed by atoms with Crippen LogP contribution in [0, 0.1) is 0 Å². The van der Waals surface area contributed by atoms with Crippen LogP contribution in [-0.4, -0.2) is 46.8 Å². The summed E-state index contributed by atoms with van der Waals surface area (Å²) in [4.78, 5) is 32.8. The molecule has 4 heterocycles. The number of fused-ring (bicyclic) bond motifs is 1. The second-order valence-corrected chi connectivity index (χ2v) is 8.48. The monoisotopic (exact) mass is 452 g/mol. The van der Waals surface area contributed by atoms with Gasteiger partial charge >= 0.3 is 6.16 Å². The van der Waals surface area contributed by atoms with Crippen LogP contribution < -0.4 is 10.9 Å². The third-order valence-corrected chi connectivity index (χ3v) is 6.21. The topological polar surface area (TPSA) is 85.7 Å². The number of carbonyl (C=O) groups excluding carboxylic acids is 1. The van der Waals surface area contributed by atoms with Gasteiger partial charge in [0.2, 0.25) is 0 Å². The Bertz CT molecular complexity index is 1060. The lowest BCUT2D eigenvalue weighted by atomic mass is 9.89. The van der Waals surface area contributed by atoms with Crippen LogP contribution in [0.4, 0.5) is 10.5 Å². The number of allylic oxidation sites excluding steroid dienone is 2. The van der Waals surface area contributed by atoms with Gasteiger partial charge in [0, 0.05) is 24.6 Å². The highest BCUT2D eigenvalue weighted by atomic mass is 16.7. The molecule has 0 radical (unpaired) electrons. The largest absolute Gasteiger partial charge is 0.513 e. The average molecular weight is 453 g/mol. The number of nitrogens with zero attached hydrogens (tertiary/aromatic N) is 3. The molecule has 2 aliphatic heterocycles. The molecule has 0 aromatic carbocycles. The van der Waals surface area contributed by atoms with E-state index in [1.54, 1.807) is 17.7 Å². The summed E-state index contributed by atoms with van der Waals surface area (Å²) in [5.74, 6) is -0.267. The number of hydrogen-bond acceptors (Lipinski definition) is 7. The number of piperidine rings is 1. The van der Waals surface area contributed by atoms with Gasteiger partial charge in [-0.25, -0.2) is 4.79 Å². The second kappa shape index (κ2) is 10.7. The maximum atomic E-state index is 13.6. The molecule has 1 unspecified atom stereocenters. The summed E-state index contributed by atoms with van der Waals surface area (Å²) < 4.78 is 12.3. The third-order valence-electron chi connectivity index (χ3n) is 6.21. The van der Waals surface area contributed by atoms with Gasteiger partial charge in [-0.05, 0) is 70.9 Å². The molecule has 1 atom stereocenters. The van der Waals surface area contributed by atoms with Crippen molar-refractivity contribution in [1.29, 1.82) is 0 Å². The van der Waals surface area contributed by atoms with Crippen LogP contribution in [0.25, 0.3) is 0 Å². The molecule has 8 heteroatoms. The molecule has 1 saturated heterocycles. The van der Waals surface area contributed by atoms with E-state index in [-0.39, 0.29) is 12.2 Å². The molecular formula is C25H32N4O4. The summed E-state index contributed by atoms with van der Waals surface area (Å²) in [6.07, 6.45) is 7.44. The van der Waals surface area contributed by atoms with Crippen molar-refractivity contribution in [1.82, 2.24) is 14.5 Å². The van der Waals surface area contributed by atoms with Gasteiger partial charge in [-0.1, -0.05) is 12.5 Å². The third kappa shape index (κ3) is 5.27. The first-order chi connectivity index (χ1) is 16.1. The molecule has 0 bridgehead atoms. The minimum atomic E-state index is -0.796. The zero-order valence-electron chi connectivity index (χ0n) is 19.4. The Labute approximate surface area is 194 Å². The molecule has 1 fully saturated rings. The van der Waals surface area contributed by atoms with Crippen LogP contribution in [-0.2, 0) is 16.0 Å². The molecule has 0 aliphatic carbocycles. The molecule has 33 heavy (non-hydrogen) atoms. The predicted molar refractivity (Wildman–Crippen MR) is 126 cm³/mol. The maximum Gasteiger partial charge on any atom is 0.513 e. The Morgan fingerprint density at radius 1 is 1.18 bits per heavy atom. The van der Waals surface area contributed by atoms with E-state index in [0.717, 1.165) is 26.1 Å². The first-order valence-electron chi connectivity index (χ1n) is 11.8. The van der Waals surface area contributed by atoms with Gasteiger partial charge in [-0.3, -0.25) is 9.78 Å². The molecule has 4 rings (SSSR count). The summed E-state index contributed by atoms with van der Waals surface area (Å²) in [5, 5.41) is 3.23. The number of likely N-dealkylation sites (tertiary alicyclic amines) is 1. The van der Waals surface area contributed by atoms with Crippen molar-refractivity contribution < 1.29 is 14.3 Å². The Balaban J connectivity index is 1.64. The Morgan fingerprint density at radius 2 is 2.00 bits per heavy atom. The molecule has 2 aromatic heterocycles. The van der Waals surface area contributed by atoms with E-state index < -0.39 is 12.1 Å². The van der Waals surface area contributed by atoms with Crippen LogP contribution in [0.3, 0.4) is 0 Å². The van der Waals surface area contributed by atoms with E-state index in [1.165, 1.54) is 19.3 Å². The van der Waals surface area contributed by atoms with E-state index in [9.17, 15) is 9.59 Å². The number of anilines is 1. The fourth-order valence-electron chi connectivity index (χ4n) is 4.62. The Morgan fingerprint density at radius 3 is 2.73 bits per heavy atom. The number of carbonyl (C=O) groups is 1. The van der Waals surface area contributed by atoms with Crippen LogP contribution in [0.15, 0.2) is 52.9 Å². The SMILES string of the molecule is CCOC(=O)OC1=C(C)Nc2ccn(CCCN3CCCCC3)c(=O)c2C1c1ccccn1. The lowest BCUT2D eigenvalue weighted by Crippen LogP contribution is -2.34. The van der Waals surface area contributed by atoms with E-state index in [4.69, 9.17) is 9.47 Å². The first-order valence-corrected chi connectivity index (χ1v) is 11.8. The maximum absolute atomic E-state index is 13.6. The minimum Gasteiger partial charge on any atom is -0.434 e. The molecule has 0 amide bonds. The minimum absolute atomic E-state index is 0.105. The summed E-state index contributed by atoms with van der Waals surface area (Å²) in [5.41, 5.74) is 2.41. The van der Waals surface area contributed by atoms with Crippen molar-refractivity contribution >= 4 is 11.8 Å². The van der Waals surface area contributed by atoms with E-state index in [1.807, 2.05) is 37.4 Å². The van der Waals surface area contributed by atoms with Gasteiger partial charge in [-0.2, -0.15) is 0 Å².